The second-order valence-corrected chi connectivity index (χ2v) is 2.87. The summed E-state index contributed by atoms with van der Waals surface area (Å²) in [6.07, 6.45) is 0. The summed E-state index contributed by atoms with van der Waals surface area (Å²) in [6.45, 7) is 0. The van der Waals surface area contributed by atoms with Crippen LogP contribution in [0.5, 0.6) is 0 Å². The van der Waals surface area contributed by atoms with Gasteiger partial charge in [0.2, 0.25) is 0 Å². The molecular weight excluding hydrogens is 298 g/mol. The number of aromatic amines is 1. The van der Waals surface area contributed by atoms with Crippen molar-refractivity contribution in [3.8, 4) is 11.5 Å². The van der Waals surface area contributed by atoms with Gasteiger partial charge in [0.25, 0.3) is 11.5 Å². The number of hydrogen-bond donors (Lipinski definition) is 5. The van der Waals surface area contributed by atoms with Gasteiger partial charge in [0.05, 0.1) is 5.10 Å². The molecule has 2 aromatic heterocycles. The number of nitro groups is 2. The van der Waals surface area contributed by atoms with Gasteiger partial charge in [-0.1, -0.05) is 10.7 Å². The smallest absolute Gasteiger partial charge is 0.373 e. The van der Waals surface area contributed by atoms with E-state index in [0.717, 1.165) is 5.64 Å². The zero-order valence-corrected chi connectivity index (χ0v) is 9.68. The first-order valence-corrected chi connectivity index (χ1v) is 4.58. The Balaban J connectivity index is 0.000000677. The number of nitrogen functional groups attached to an aromatic ring is 1. The summed E-state index contributed by atoms with van der Waals surface area (Å²) in [4.78, 5) is 20.1. The van der Waals surface area contributed by atoms with Crippen molar-refractivity contribution in [2.24, 2.45) is 0 Å². The van der Waals surface area contributed by atoms with Crippen LogP contribution in [-0.2, 0) is 0 Å². The van der Waals surface area contributed by atoms with Crippen molar-refractivity contribution in [2.75, 3.05) is 5.73 Å². The van der Waals surface area contributed by atoms with Crippen LogP contribution >= 0.6 is 0 Å². The van der Waals surface area contributed by atoms with E-state index in [9.17, 15) is 20.2 Å². The Morgan fingerprint density at radius 2 is 1.90 bits per heavy atom. The van der Waals surface area contributed by atoms with Gasteiger partial charge < -0.3 is 26.0 Å². The van der Waals surface area contributed by atoms with E-state index in [1.807, 2.05) is 5.21 Å². The lowest BCUT2D eigenvalue weighted by atomic mass is 10.4. The van der Waals surface area contributed by atoms with Crippen LogP contribution in [0.15, 0.2) is 0 Å². The largest absolute Gasteiger partial charge is 0.423 e. The molecule has 0 radical (unpaired) electrons. The quantitative estimate of drug-likeness (QED) is 0.310. The van der Waals surface area contributed by atoms with Crippen LogP contribution in [0, 0.1) is 20.2 Å². The van der Waals surface area contributed by atoms with Crippen LogP contribution in [-0.4, -0.2) is 50.7 Å². The fourth-order valence-corrected chi connectivity index (χ4v) is 1.10. The van der Waals surface area contributed by atoms with Crippen LogP contribution in [0.2, 0.25) is 0 Å². The van der Waals surface area contributed by atoms with Crippen LogP contribution in [0.25, 0.3) is 17.1 Å². The van der Waals surface area contributed by atoms with Crippen LogP contribution < -0.4 is 11.4 Å². The highest BCUT2D eigenvalue weighted by atomic mass is 16.7. The molecule has 0 spiro atoms. The Morgan fingerprint density at radius 3 is 2.43 bits per heavy atom. The summed E-state index contributed by atoms with van der Waals surface area (Å²) >= 11 is 0. The van der Waals surface area contributed by atoms with Gasteiger partial charge in [-0.15, -0.1) is 20.4 Å². The lowest BCUT2D eigenvalue weighted by Crippen LogP contribution is -2.06. The van der Waals surface area contributed by atoms with Crippen molar-refractivity contribution in [1.29, 1.82) is 0 Å². The lowest BCUT2D eigenvalue weighted by molar-refractivity contribution is -0.432. The first-order chi connectivity index (χ1) is 9.92. The van der Waals surface area contributed by atoms with Gasteiger partial charge >= 0.3 is 11.8 Å². The molecule has 114 valence electrons. The third-order valence-electron chi connectivity index (χ3n) is 1.74. The molecule has 0 saturated heterocycles. The van der Waals surface area contributed by atoms with E-state index in [1.54, 1.807) is 0 Å². The van der Waals surface area contributed by atoms with E-state index in [-0.39, 0.29) is 11.5 Å². The van der Waals surface area contributed by atoms with E-state index in [1.165, 1.54) is 0 Å². The molecule has 0 fully saturated rings. The van der Waals surface area contributed by atoms with E-state index in [0.29, 0.717) is 4.68 Å². The molecule has 0 aromatic carbocycles. The van der Waals surface area contributed by atoms with Crippen molar-refractivity contribution in [2.45, 2.75) is 0 Å². The molecule has 0 amide bonds. The maximum atomic E-state index is 10.6. The minimum Gasteiger partial charge on any atom is -0.373 e. The van der Waals surface area contributed by atoms with E-state index < -0.39 is 21.7 Å². The zero-order chi connectivity index (χ0) is 16.0. The summed E-state index contributed by atoms with van der Waals surface area (Å²) in [5.74, 6) is -1.47. The molecule has 6 N–H and O–H groups in total. The number of rotatable bonds is 4. The Morgan fingerprint density at radius 1 is 1.29 bits per heavy atom. The number of H-pyrrole nitrogens is 1. The minimum atomic E-state index is -1.06. The van der Waals surface area contributed by atoms with Gasteiger partial charge in [0.15, 0.2) is 0 Å². The Bertz CT molecular complexity index is 632. The highest BCUT2D eigenvalue weighted by Gasteiger charge is 2.28. The summed E-state index contributed by atoms with van der Waals surface area (Å²) in [7, 11) is 0. The summed E-state index contributed by atoms with van der Waals surface area (Å²) in [6, 6.07) is 0. The molecule has 2 aromatic rings. The third-order valence-corrected chi connectivity index (χ3v) is 1.74. The first-order valence-electron chi connectivity index (χ1n) is 4.58. The predicted molar refractivity (Wildman–Crippen MR) is 58.9 cm³/mol. The number of hydrogen-bond acceptors (Lipinski definition) is 12. The number of nitrogens with zero attached hydrogens (tertiary/aromatic N) is 8. The Labute approximate surface area is 112 Å². The third kappa shape index (κ3) is 3.52. The molecule has 0 unspecified atom stereocenters. The van der Waals surface area contributed by atoms with Crippen molar-refractivity contribution < 1.29 is 20.4 Å². The van der Waals surface area contributed by atoms with Gasteiger partial charge in [0.1, 0.15) is 0 Å². The van der Waals surface area contributed by atoms with Crippen molar-refractivity contribution in [3.05, 3.63) is 25.8 Å². The normalized spacial score (nSPS) is 9.62. The fourth-order valence-electron chi connectivity index (χ4n) is 1.10. The molecule has 0 atom stereocenters. The fraction of sp³-hybridized carbons (Fsp3) is 0. The van der Waals surface area contributed by atoms with E-state index in [4.69, 9.17) is 16.1 Å². The highest BCUT2D eigenvalue weighted by molar-refractivity contribution is 5.61. The lowest BCUT2D eigenvalue weighted by Gasteiger charge is -2.12. The standard InChI is InChI=1S/C4H3N10O4.H3NO2/c5-4-9-7-2(12(4)11-14(17)18)1-3(13(15)16)8-10-6-1;2-1-3/h(H2,5,9)(H,6,8,10);1-3H/q-1;. The first kappa shape index (κ1) is 15.6. The summed E-state index contributed by atoms with van der Waals surface area (Å²) < 4.78 is 0.505. The second kappa shape index (κ2) is 6.65. The van der Waals surface area contributed by atoms with E-state index in [2.05, 4.69) is 25.9 Å². The van der Waals surface area contributed by atoms with E-state index >= 15 is 0 Å². The maximum Gasteiger partial charge on any atom is 0.423 e. The van der Waals surface area contributed by atoms with Crippen LogP contribution in [0.4, 0.5) is 11.8 Å². The molecule has 0 aliphatic carbocycles. The highest BCUT2D eigenvalue weighted by Crippen LogP contribution is 2.25. The van der Waals surface area contributed by atoms with Crippen LogP contribution in [0.1, 0.15) is 0 Å². The number of anilines is 1. The van der Waals surface area contributed by atoms with Gasteiger partial charge in [-0.3, -0.25) is 15.9 Å². The predicted octanol–water partition coefficient (Wildman–Crippen LogP) is -1.76. The summed E-state index contributed by atoms with van der Waals surface area (Å²) in [5, 5.41) is 49.0. The number of aromatic nitrogens is 6. The molecule has 2 rings (SSSR count). The van der Waals surface area contributed by atoms with Gasteiger partial charge in [-0.2, -0.15) is 0 Å². The van der Waals surface area contributed by atoms with Crippen molar-refractivity contribution in [3.63, 3.8) is 0 Å². The number of nitrogens with one attached hydrogen (secondary N) is 2. The molecule has 0 bridgehead atoms. The topological polar surface area (TPSA) is 251 Å². The monoisotopic (exact) mass is 304 g/mol. The van der Waals surface area contributed by atoms with Gasteiger partial charge in [-0.05, 0) is 4.92 Å². The Kier molecular flexibility index (Phi) is 4.94. The molecular formula is C4H6N11O6-. The van der Waals surface area contributed by atoms with Crippen molar-refractivity contribution >= 4 is 11.8 Å². The average molecular weight is 304 g/mol. The van der Waals surface area contributed by atoms with Gasteiger partial charge in [0, 0.05) is 0 Å². The van der Waals surface area contributed by atoms with Gasteiger partial charge in [-0.25, -0.2) is 4.68 Å². The Hall–Kier alpha value is -3.44. The summed E-state index contributed by atoms with van der Waals surface area (Å²) in [5.41, 5.74) is 8.53. The average Bonchev–Trinajstić information content (AvgIpc) is 2.98. The molecule has 0 aliphatic heterocycles. The molecule has 17 nitrogen and oxygen atoms in total. The minimum absolute atomic E-state index is 0.366. The zero-order valence-electron chi connectivity index (χ0n) is 9.68. The molecule has 17 heteroatoms. The van der Waals surface area contributed by atoms with Crippen molar-refractivity contribution in [1.82, 2.24) is 35.9 Å². The molecule has 2 heterocycles. The van der Waals surface area contributed by atoms with Crippen LogP contribution in [0.3, 0.4) is 0 Å². The second-order valence-electron chi connectivity index (χ2n) is 2.87. The molecule has 0 saturated carbocycles. The maximum absolute atomic E-state index is 10.6. The molecule has 21 heavy (non-hydrogen) atoms. The SMILES string of the molecule is Nc1nnc(-c2n[nH]nc2[N+](=O)[O-])n1[N-][N+](=O)[O-].ONO. The molecule has 0 aliphatic rings. The number of nitrogens with two attached hydrogens (primary N) is 1.